The van der Waals surface area contributed by atoms with E-state index in [0.717, 1.165) is 30.1 Å². The number of para-hydroxylation sites is 1. The lowest BCUT2D eigenvalue weighted by molar-refractivity contribution is 0.0737. The minimum atomic E-state index is -0.0453. The summed E-state index contributed by atoms with van der Waals surface area (Å²) >= 11 is 6.45. The van der Waals surface area contributed by atoms with Gasteiger partial charge in [0.1, 0.15) is 11.4 Å². The van der Waals surface area contributed by atoms with Crippen LogP contribution >= 0.6 is 11.6 Å². The molecule has 178 valence electrons. The first kappa shape index (κ1) is 23.0. The average molecular weight is 487 g/mol. The van der Waals surface area contributed by atoms with Gasteiger partial charge in [-0.05, 0) is 55.0 Å². The van der Waals surface area contributed by atoms with E-state index in [1.165, 1.54) is 11.3 Å². The van der Waals surface area contributed by atoms with Crippen LogP contribution in [-0.2, 0) is 0 Å². The van der Waals surface area contributed by atoms with Gasteiger partial charge in [-0.15, -0.1) is 0 Å². The largest absolute Gasteiger partial charge is 0.497 e. The van der Waals surface area contributed by atoms with Gasteiger partial charge in [0.15, 0.2) is 0 Å². The van der Waals surface area contributed by atoms with Crippen LogP contribution in [0.1, 0.15) is 16.1 Å². The van der Waals surface area contributed by atoms with E-state index in [1.54, 1.807) is 11.8 Å². The van der Waals surface area contributed by atoms with E-state index in [4.69, 9.17) is 21.4 Å². The Bertz CT molecular complexity index is 1340. The van der Waals surface area contributed by atoms with E-state index in [-0.39, 0.29) is 5.91 Å². The molecule has 0 radical (unpaired) electrons. The highest BCUT2D eigenvalue weighted by Gasteiger charge is 2.27. The molecule has 4 aromatic rings. The predicted molar refractivity (Wildman–Crippen MR) is 140 cm³/mol. The molecule has 6 nitrogen and oxygen atoms in total. The normalized spacial score (nSPS) is 13.7. The second-order valence-corrected chi connectivity index (χ2v) is 8.98. The minimum Gasteiger partial charge on any atom is -0.497 e. The number of halogens is 1. The SMILES string of the molecule is COc1ccc(-n2nc(-c3ccccc3Cl)cc2C(=O)N2CCN(c3ccccc3C)CC2)cc1. The van der Waals surface area contributed by atoms with Crippen molar-refractivity contribution in [1.29, 1.82) is 0 Å². The second kappa shape index (κ2) is 9.84. The van der Waals surface area contributed by atoms with Crippen molar-refractivity contribution in [1.82, 2.24) is 14.7 Å². The van der Waals surface area contributed by atoms with Gasteiger partial charge in [-0.25, -0.2) is 4.68 Å². The number of carbonyl (C=O) groups excluding carboxylic acids is 1. The van der Waals surface area contributed by atoms with Crippen LogP contribution in [0.3, 0.4) is 0 Å². The minimum absolute atomic E-state index is 0.0453. The molecule has 0 spiro atoms. The Labute approximate surface area is 210 Å². The average Bonchev–Trinajstić information content (AvgIpc) is 3.34. The quantitative estimate of drug-likeness (QED) is 0.375. The second-order valence-electron chi connectivity index (χ2n) is 8.57. The Morgan fingerprint density at radius 1 is 0.914 bits per heavy atom. The van der Waals surface area contributed by atoms with Gasteiger partial charge in [-0.2, -0.15) is 5.10 Å². The van der Waals surface area contributed by atoms with E-state index in [2.05, 4.69) is 36.1 Å². The molecule has 1 fully saturated rings. The lowest BCUT2D eigenvalue weighted by Gasteiger charge is -2.36. The van der Waals surface area contributed by atoms with Crippen LogP contribution in [-0.4, -0.2) is 53.9 Å². The first-order valence-electron chi connectivity index (χ1n) is 11.6. The molecule has 1 saturated heterocycles. The number of benzene rings is 3. The fourth-order valence-electron chi connectivity index (χ4n) is 4.48. The van der Waals surface area contributed by atoms with Crippen molar-refractivity contribution in [2.75, 3.05) is 38.2 Å². The predicted octanol–water partition coefficient (Wildman–Crippen LogP) is 5.47. The Kier molecular flexibility index (Phi) is 6.47. The van der Waals surface area contributed by atoms with Crippen molar-refractivity contribution >= 4 is 23.2 Å². The molecule has 1 aliphatic rings. The number of hydrogen-bond donors (Lipinski definition) is 0. The summed E-state index contributed by atoms with van der Waals surface area (Å²) in [6.07, 6.45) is 0. The molecule has 1 amide bonds. The Balaban J connectivity index is 1.45. The maximum Gasteiger partial charge on any atom is 0.272 e. The van der Waals surface area contributed by atoms with Gasteiger partial charge in [-0.1, -0.05) is 48.0 Å². The zero-order valence-electron chi connectivity index (χ0n) is 19.8. The summed E-state index contributed by atoms with van der Waals surface area (Å²) in [5.41, 5.74) is 5.21. The number of carbonyl (C=O) groups is 1. The van der Waals surface area contributed by atoms with Crippen LogP contribution in [0.15, 0.2) is 78.9 Å². The van der Waals surface area contributed by atoms with Crippen LogP contribution in [0.25, 0.3) is 16.9 Å². The number of nitrogens with zero attached hydrogens (tertiary/aromatic N) is 4. The van der Waals surface area contributed by atoms with Crippen LogP contribution in [0, 0.1) is 6.92 Å². The third kappa shape index (κ3) is 4.62. The molecule has 1 aromatic heterocycles. The molecule has 0 N–H and O–H groups in total. The standard InChI is InChI=1S/C28H27ClN4O2/c1-20-7-3-6-10-26(20)31-15-17-32(18-16-31)28(34)27-19-25(23-8-4-5-9-24(23)29)30-33(27)21-11-13-22(35-2)14-12-21/h3-14,19H,15-18H2,1-2H3. The fraction of sp³-hybridized carbons (Fsp3) is 0.214. The van der Waals surface area contributed by atoms with Gasteiger partial charge >= 0.3 is 0 Å². The van der Waals surface area contributed by atoms with Gasteiger partial charge in [0.2, 0.25) is 0 Å². The number of anilines is 1. The zero-order valence-corrected chi connectivity index (χ0v) is 20.6. The summed E-state index contributed by atoms with van der Waals surface area (Å²) in [5, 5.41) is 5.39. The van der Waals surface area contributed by atoms with Crippen LogP contribution < -0.4 is 9.64 Å². The van der Waals surface area contributed by atoms with Gasteiger partial charge in [0.25, 0.3) is 5.91 Å². The van der Waals surface area contributed by atoms with Crippen molar-refractivity contribution in [3.63, 3.8) is 0 Å². The van der Waals surface area contributed by atoms with E-state index >= 15 is 0 Å². The maximum absolute atomic E-state index is 13.7. The van der Waals surface area contributed by atoms with Crippen molar-refractivity contribution in [3.8, 4) is 22.7 Å². The highest BCUT2D eigenvalue weighted by atomic mass is 35.5. The summed E-state index contributed by atoms with van der Waals surface area (Å²) in [6, 6.07) is 25.3. The first-order valence-corrected chi connectivity index (χ1v) is 12.0. The number of aromatic nitrogens is 2. The Hall–Kier alpha value is -3.77. The summed E-state index contributed by atoms with van der Waals surface area (Å²) in [4.78, 5) is 18.0. The molecule has 0 saturated carbocycles. The topological polar surface area (TPSA) is 50.6 Å². The van der Waals surface area contributed by atoms with E-state index in [9.17, 15) is 4.79 Å². The summed E-state index contributed by atoms with van der Waals surface area (Å²) < 4.78 is 7.00. The molecule has 3 aromatic carbocycles. The summed E-state index contributed by atoms with van der Waals surface area (Å²) in [7, 11) is 1.63. The monoisotopic (exact) mass is 486 g/mol. The molecule has 7 heteroatoms. The molecule has 0 bridgehead atoms. The van der Waals surface area contributed by atoms with Crippen molar-refractivity contribution < 1.29 is 9.53 Å². The lowest BCUT2D eigenvalue weighted by Crippen LogP contribution is -2.49. The Morgan fingerprint density at radius 3 is 2.29 bits per heavy atom. The molecule has 1 aliphatic heterocycles. The number of piperazine rings is 1. The van der Waals surface area contributed by atoms with Crippen LogP contribution in [0.2, 0.25) is 5.02 Å². The molecule has 2 heterocycles. The number of rotatable bonds is 5. The van der Waals surface area contributed by atoms with Crippen molar-refractivity contribution in [2.45, 2.75) is 6.92 Å². The van der Waals surface area contributed by atoms with Crippen LogP contribution in [0.5, 0.6) is 5.75 Å². The smallest absolute Gasteiger partial charge is 0.272 e. The number of ether oxygens (including phenoxy) is 1. The number of amides is 1. The van der Waals surface area contributed by atoms with E-state index in [1.807, 2.05) is 59.5 Å². The summed E-state index contributed by atoms with van der Waals surface area (Å²) in [6.45, 7) is 4.97. The fourth-order valence-corrected chi connectivity index (χ4v) is 4.72. The highest BCUT2D eigenvalue weighted by Crippen LogP contribution is 2.29. The molecule has 0 atom stereocenters. The van der Waals surface area contributed by atoms with Crippen LogP contribution in [0.4, 0.5) is 5.69 Å². The highest BCUT2D eigenvalue weighted by molar-refractivity contribution is 6.33. The number of hydrogen-bond acceptors (Lipinski definition) is 4. The third-order valence-electron chi connectivity index (χ3n) is 6.42. The molecule has 5 rings (SSSR count). The van der Waals surface area contributed by atoms with E-state index < -0.39 is 0 Å². The third-order valence-corrected chi connectivity index (χ3v) is 6.75. The van der Waals surface area contributed by atoms with Crippen molar-refractivity contribution in [3.05, 3.63) is 95.1 Å². The number of aryl methyl sites for hydroxylation is 1. The maximum atomic E-state index is 13.7. The summed E-state index contributed by atoms with van der Waals surface area (Å²) in [5.74, 6) is 0.698. The van der Waals surface area contributed by atoms with Gasteiger partial charge in [0, 0.05) is 37.4 Å². The number of methoxy groups -OCH3 is 1. The molecule has 0 unspecified atom stereocenters. The molecule has 0 aliphatic carbocycles. The van der Waals surface area contributed by atoms with Gasteiger partial charge < -0.3 is 14.5 Å². The van der Waals surface area contributed by atoms with Gasteiger partial charge in [0.05, 0.1) is 23.5 Å². The lowest BCUT2D eigenvalue weighted by atomic mass is 10.1. The van der Waals surface area contributed by atoms with Crippen molar-refractivity contribution in [2.24, 2.45) is 0 Å². The van der Waals surface area contributed by atoms with E-state index in [0.29, 0.717) is 29.5 Å². The Morgan fingerprint density at radius 2 is 1.60 bits per heavy atom. The molecular weight excluding hydrogens is 460 g/mol. The molecular formula is C28H27ClN4O2. The zero-order chi connectivity index (χ0) is 24.4. The molecule has 35 heavy (non-hydrogen) atoms. The first-order chi connectivity index (χ1) is 17.0. The van der Waals surface area contributed by atoms with Gasteiger partial charge in [-0.3, -0.25) is 4.79 Å².